The number of nitrogens with zero attached hydrogens (tertiary/aromatic N) is 1. The first kappa shape index (κ1) is 31.6. The molecule has 4 fully saturated rings. The molecule has 2 N–H and O–H groups in total. The van der Waals surface area contributed by atoms with E-state index in [-0.39, 0.29) is 54.2 Å². The highest BCUT2D eigenvalue weighted by Crippen LogP contribution is 2.66. The number of rotatable bonds is 10. The van der Waals surface area contributed by atoms with Gasteiger partial charge in [-0.2, -0.15) is 0 Å². The Bertz CT molecular complexity index is 1090. The standard InChI is InChI=1S/C34H51NO7/c1-33-15-14-23(36)17-22(33)12-13-24-25-18-28(42-32(40)21-9-6-5-7-10-21)31(34(25,2)19-26(37)30(24)33)27(38)20-41-29(39)11-8-16-35(3)4/h14-15,17,21,24-26,28,30-32,37,40H,5-13,16,18-20H2,1-4H3/t24-,25-,26-,28+,30+,31?,32-,33-,34-/m0/s1. The maximum atomic E-state index is 14.0. The summed E-state index contributed by atoms with van der Waals surface area (Å²) in [6, 6.07) is 0. The van der Waals surface area contributed by atoms with E-state index in [0.717, 1.165) is 50.6 Å². The Morgan fingerprint density at radius 3 is 2.60 bits per heavy atom. The predicted octanol–water partition coefficient (Wildman–Crippen LogP) is 4.23. The average molecular weight is 586 g/mol. The SMILES string of the molecule is CN(C)CCCC(=O)OCC(=O)C1[C@H](O[C@H](O)C2CCCCC2)C[C@H]2[C@@H]3CCC4=CC(=O)C=C[C@]4(C)[C@H]3[C@@H](O)C[C@]12C. The van der Waals surface area contributed by atoms with Gasteiger partial charge in [0.25, 0.3) is 0 Å². The summed E-state index contributed by atoms with van der Waals surface area (Å²) in [5.74, 6) is -0.907. The summed E-state index contributed by atoms with van der Waals surface area (Å²) in [5, 5.41) is 23.0. The number of ketones is 2. The molecule has 5 aliphatic carbocycles. The lowest BCUT2D eigenvalue weighted by molar-refractivity contribution is -0.187. The van der Waals surface area contributed by atoms with Gasteiger partial charge in [-0.1, -0.05) is 44.8 Å². The molecule has 5 rings (SSSR count). The quantitative estimate of drug-likeness (QED) is 0.289. The van der Waals surface area contributed by atoms with Gasteiger partial charge in [0.15, 0.2) is 17.9 Å². The molecule has 0 bridgehead atoms. The number of hydrogen-bond acceptors (Lipinski definition) is 8. The molecular formula is C34H51NO7. The van der Waals surface area contributed by atoms with Gasteiger partial charge in [0.2, 0.25) is 0 Å². The molecule has 42 heavy (non-hydrogen) atoms. The lowest BCUT2D eigenvalue weighted by Crippen LogP contribution is -2.56. The van der Waals surface area contributed by atoms with Gasteiger partial charge in [0.05, 0.1) is 18.1 Å². The highest BCUT2D eigenvalue weighted by molar-refractivity contribution is 6.01. The van der Waals surface area contributed by atoms with E-state index in [1.165, 1.54) is 6.42 Å². The molecule has 0 amide bonds. The van der Waals surface area contributed by atoms with Crippen LogP contribution in [0.15, 0.2) is 23.8 Å². The van der Waals surface area contributed by atoms with Crippen molar-refractivity contribution < 1.29 is 34.1 Å². The van der Waals surface area contributed by atoms with Crippen molar-refractivity contribution in [3.05, 3.63) is 23.8 Å². The predicted molar refractivity (Wildman–Crippen MR) is 158 cm³/mol. The smallest absolute Gasteiger partial charge is 0.306 e. The second-order valence-electron chi connectivity index (χ2n) is 14.5. The minimum atomic E-state index is -0.936. The van der Waals surface area contributed by atoms with Crippen molar-refractivity contribution in [3.8, 4) is 0 Å². The minimum Gasteiger partial charge on any atom is -0.458 e. The van der Waals surface area contributed by atoms with E-state index in [4.69, 9.17) is 9.47 Å². The van der Waals surface area contributed by atoms with Crippen LogP contribution in [0.4, 0.5) is 0 Å². The normalized spacial score (nSPS) is 38.8. The second-order valence-corrected chi connectivity index (χ2v) is 14.5. The number of allylic oxidation sites excluding steroid dienone is 4. The molecule has 9 atom stereocenters. The van der Waals surface area contributed by atoms with Crippen molar-refractivity contribution in [2.24, 2.45) is 40.4 Å². The van der Waals surface area contributed by atoms with Crippen molar-refractivity contribution >= 4 is 17.5 Å². The molecule has 5 aliphatic rings. The Morgan fingerprint density at radius 1 is 1.14 bits per heavy atom. The molecule has 234 valence electrons. The summed E-state index contributed by atoms with van der Waals surface area (Å²) < 4.78 is 11.9. The van der Waals surface area contributed by atoms with E-state index in [1.807, 2.05) is 25.1 Å². The van der Waals surface area contributed by atoms with Gasteiger partial charge in [-0.3, -0.25) is 14.4 Å². The summed E-state index contributed by atoms with van der Waals surface area (Å²) >= 11 is 0. The zero-order chi connectivity index (χ0) is 30.2. The highest BCUT2D eigenvalue weighted by Gasteiger charge is 2.65. The third-order valence-corrected chi connectivity index (χ3v) is 11.6. The number of ether oxygens (including phenoxy) is 2. The molecule has 0 aliphatic heterocycles. The monoisotopic (exact) mass is 585 g/mol. The third-order valence-electron chi connectivity index (χ3n) is 11.6. The average Bonchev–Trinajstić information content (AvgIpc) is 3.23. The van der Waals surface area contributed by atoms with Crippen LogP contribution < -0.4 is 0 Å². The van der Waals surface area contributed by atoms with Crippen LogP contribution in [-0.2, 0) is 23.9 Å². The van der Waals surface area contributed by atoms with E-state index in [1.54, 1.807) is 12.2 Å². The molecule has 8 heteroatoms. The molecular weight excluding hydrogens is 534 g/mol. The van der Waals surface area contributed by atoms with Gasteiger partial charge in [-0.05, 0) is 95.0 Å². The summed E-state index contributed by atoms with van der Waals surface area (Å²) in [7, 11) is 3.90. The molecule has 0 aromatic carbocycles. The summed E-state index contributed by atoms with van der Waals surface area (Å²) in [4.78, 5) is 40.6. The Kier molecular flexibility index (Phi) is 9.48. The first-order valence-electron chi connectivity index (χ1n) is 16.2. The molecule has 4 saturated carbocycles. The summed E-state index contributed by atoms with van der Waals surface area (Å²) in [5.41, 5.74) is 0.128. The van der Waals surface area contributed by atoms with Crippen LogP contribution in [0.2, 0.25) is 0 Å². The van der Waals surface area contributed by atoms with Crippen molar-refractivity contribution in [2.45, 2.75) is 103 Å². The number of Topliss-reactive ketones (excluding diaryl/α,β-unsaturated/α-hetero) is 1. The van der Waals surface area contributed by atoms with E-state index in [0.29, 0.717) is 19.3 Å². The maximum Gasteiger partial charge on any atom is 0.306 e. The fourth-order valence-electron chi connectivity index (χ4n) is 9.59. The van der Waals surface area contributed by atoms with E-state index < -0.39 is 35.2 Å². The van der Waals surface area contributed by atoms with Crippen LogP contribution in [0, 0.1) is 40.4 Å². The van der Waals surface area contributed by atoms with Crippen LogP contribution in [0.5, 0.6) is 0 Å². The number of aliphatic hydroxyl groups is 2. The van der Waals surface area contributed by atoms with E-state index >= 15 is 0 Å². The summed E-state index contributed by atoms with van der Waals surface area (Å²) in [6.45, 7) is 4.69. The Hall–Kier alpha value is -1.87. The Morgan fingerprint density at radius 2 is 1.88 bits per heavy atom. The largest absolute Gasteiger partial charge is 0.458 e. The number of esters is 1. The zero-order valence-corrected chi connectivity index (χ0v) is 25.9. The van der Waals surface area contributed by atoms with Gasteiger partial charge < -0.3 is 24.6 Å². The van der Waals surface area contributed by atoms with Gasteiger partial charge in [0, 0.05) is 23.7 Å². The molecule has 0 heterocycles. The van der Waals surface area contributed by atoms with Gasteiger partial charge in [-0.25, -0.2) is 0 Å². The fraction of sp³-hybridized carbons (Fsp3) is 0.794. The Balaban J connectivity index is 1.38. The minimum absolute atomic E-state index is 0.00372. The molecule has 0 spiro atoms. The summed E-state index contributed by atoms with van der Waals surface area (Å²) in [6.07, 6.45) is 12.0. The van der Waals surface area contributed by atoms with Crippen LogP contribution in [0.25, 0.3) is 0 Å². The second kappa shape index (κ2) is 12.6. The van der Waals surface area contributed by atoms with Crippen molar-refractivity contribution in [2.75, 3.05) is 27.2 Å². The zero-order valence-electron chi connectivity index (χ0n) is 25.9. The third kappa shape index (κ3) is 6.06. The lowest BCUT2D eigenvalue weighted by Gasteiger charge is -2.58. The first-order chi connectivity index (χ1) is 19.9. The number of carbonyl (C=O) groups excluding carboxylic acids is 3. The number of carbonyl (C=O) groups is 3. The van der Waals surface area contributed by atoms with Gasteiger partial charge in [-0.15, -0.1) is 0 Å². The van der Waals surface area contributed by atoms with Crippen molar-refractivity contribution in [1.29, 1.82) is 0 Å². The topological polar surface area (TPSA) is 113 Å². The van der Waals surface area contributed by atoms with E-state index in [9.17, 15) is 24.6 Å². The van der Waals surface area contributed by atoms with Crippen molar-refractivity contribution in [1.82, 2.24) is 4.90 Å². The van der Waals surface area contributed by atoms with Gasteiger partial charge in [0.1, 0.15) is 6.61 Å². The lowest BCUT2D eigenvalue weighted by atomic mass is 9.46. The Labute approximate surface area is 250 Å². The maximum absolute atomic E-state index is 14.0. The molecule has 0 radical (unpaired) electrons. The molecule has 1 unspecified atom stereocenters. The molecule has 0 aromatic rings. The highest BCUT2D eigenvalue weighted by atomic mass is 16.6. The first-order valence-corrected chi connectivity index (χ1v) is 16.2. The molecule has 0 aromatic heterocycles. The van der Waals surface area contributed by atoms with Crippen LogP contribution in [-0.4, -0.2) is 78.4 Å². The number of aliphatic hydroxyl groups excluding tert-OH is 2. The van der Waals surface area contributed by atoms with Gasteiger partial charge >= 0.3 is 5.97 Å². The van der Waals surface area contributed by atoms with Crippen molar-refractivity contribution in [3.63, 3.8) is 0 Å². The van der Waals surface area contributed by atoms with Crippen LogP contribution in [0.1, 0.15) is 84.5 Å². The van der Waals surface area contributed by atoms with Crippen LogP contribution >= 0.6 is 0 Å². The fourth-order valence-corrected chi connectivity index (χ4v) is 9.59. The molecule has 8 nitrogen and oxygen atoms in total. The molecule has 0 saturated heterocycles. The number of hydrogen-bond donors (Lipinski definition) is 2. The number of fused-ring (bicyclic) bond motifs is 5. The van der Waals surface area contributed by atoms with Crippen LogP contribution in [0.3, 0.4) is 0 Å². The van der Waals surface area contributed by atoms with E-state index in [2.05, 4.69) is 13.8 Å².